The molecule has 0 saturated carbocycles. The Balaban J connectivity index is 1.89. The van der Waals surface area contributed by atoms with Crippen LogP contribution in [0.2, 0.25) is 0 Å². The first-order chi connectivity index (χ1) is 9.66. The van der Waals surface area contributed by atoms with Gasteiger partial charge in [0.05, 0.1) is 5.52 Å². The Labute approximate surface area is 117 Å². The van der Waals surface area contributed by atoms with Crippen LogP contribution in [-0.2, 0) is 4.79 Å². The van der Waals surface area contributed by atoms with Gasteiger partial charge in [-0.1, -0.05) is 6.07 Å². The number of hydrogen-bond donors (Lipinski definition) is 2. The van der Waals surface area contributed by atoms with Crippen LogP contribution in [0.25, 0.3) is 10.9 Å². The Morgan fingerprint density at radius 2 is 1.95 bits per heavy atom. The molecular formula is C15H17N3O2. The first-order valence-electron chi connectivity index (χ1n) is 6.54. The second-order valence-corrected chi connectivity index (χ2v) is 4.50. The highest BCUT2D eigenvalue weighted by atomic mass is 16.2. The molecule has 1 heterocycles. The van der Waals surface area contributed by atoms with Crippen LogP contribution < -0.4 is 10.6 Å². The number of nitrogens with one attached hydrogen (secondary N) is 2. The molecule has 0 saturated heterocycles. The smallest absolute Gasteiger partial charge is 0.251 e. The lowest BCUT2D eigenvalue weighted by Gasteiger charge is -2.06. The molecule has 5 nitrogen and oxygen atoms in total. The molecule has 1 aromatic heterocycles. The van der Waals surface area contributed by atoms with Crippen molar-refractivity contribution in [1.29, 1.82) is 0 Å². The van der Waals surface area contributed by atoms with E-state index in [1.54, 1.807) is 12.3 Å². The third kappa shape index (κ3) is 3.78. The maximum absolute atomic E-state index is 12.0. The maximum Gasteiger partial charge on any atom is 0.251 e. The Bertz CT molecular complexity index is 625. The first-order valence-corrected chi connectivity index (χ1v) is 6.54. The molecule has 20 heavy (non-hydrogen) atoms. The van der Waals surface area contributed by atoms with E-state index in [4.69, 9.17) is 0 Å². The molecule has 2 amide bonds. The minimum Gasteiger partial charge on any atom is -0.356 e. The Kier molecular flexibility index (Phi) is 4.65. The van der Waals surface area contributed by atoms with E-state index in [9.17, 15) is 9.59 Å². The molecule has 0 aliphatic heterocycles. The fraction of sp³-hybridized carbons (Fsp3) is 0.267. The summed E-state index contributed by atoms with van der Waals surface area (Å²) in [7, 11) is 0. The summed E-state index contributed by atoms with van der Waals surface area (Å²) in [5.41, 5.74) is 1.49. The van der Waals surface area contributed by atoms with Crippen molar-refractivity contribution >= 4 is 22.7 Å². The number of carbonyl (C=O) groups is 2. The van der Waals surface area contributed by atoms with Crippen molar-refractivity contribution in [3.05, 3.63) is 42.1 Å². The Morgan fingerprint density at radius 3 is 2.75 bits per heavy atom. The SMILES string of the molecule is CC(=O)NCCCNC(=O)c1ccc2ncccc2c1. The zero-order valence-electron chi connectivity index (χ0n) is 11.3. The van der Waals surface area contributed by atoms with Crippen molar-refractivity contribution in [1.82, 2.24) is 15.6 Å². The molecule has 0 atom stereocenters. The lowest BCUT2D eigenvalue weighted by atomic mass is 10.1. The van der Waals surface area contributed by atoms with Gasteiger partial charge in [-0.2, -0.15) is 0 Å². The number of nitrogens with zero attached hydrogens (tertiary/aromatic N) is 1. The van der Waals surface area contributed by atoms with Crippen molar-refractivity contribution in [2.75, 3.05) is 13.1 Å². The van der Waals surface area contributed by atoms with Crippen LogP contribution in [0.5, 0.6) is 0 Å². The highest BCUT2D eigenvalue weighted by Crippen LogP contribution is 2.13. The molecular weight excluding hydrogens is 254 g/mol. The third-order valence-electron chi connectivity index (χ3n) is 2.88. The highest BCUT2D eigenvalue weighted by molar-refractivity contribution is 5.97. The monoisotopic (exact) mass is 271 g/mol. The van der Waals surface area contributed by atoms with Gasteiger partial charge in [0.15, 0.2) is 0 Å². The van der Waals surface area contributed by atoms with E-state index >= 15 is 0 Å². The summed E-state index contributed by atoms with van der Waals surface area (Å²) in [5.74, 6) is -0.170. The van der Waals surface area contributed by atoms with Crippen molar-refractivity contribution < 1.29 is 9.59 Å². The van der Waals surface area contributed by atoms with Gasteiger partial charge in [-0.25, -0.2) is 0 Å². The summed E-state index contributed by atoms with van der Waals surface area (Å²) in [6, 6.07) is 9.19. The summed E-state index contributed by atoms with van der Waals surface area (Å²) >= 11 is 0. The van der Waals surface area contributed by atoms with Crippen LogP contribution in [0.15, 0.2) is 36.5 Å². The van der Waals surface area contributed by atoms with Gasteiger partial charge in [0.1, 0.15) is 0 Å². The molecule has 1 aromatic carbocycles. The van der Waals surface area contributed by atoms with Crippen LogP contribution in [0.4, 0.5) is 0 Å². The molecule has 0 bridgehead atoms. The molecule has 0 unspecified atom stereocenters. The molecule has 2 rings (SSSR count). The molecule has 5 heteroatoms. The molecule has 0 radical (unpaired) electrons. The molecule has 2 aromatic rings. The maximum atomic E-state index is 12.0. The summed E-state index contributed by atoms with van der Waals surface area (Å²) < 4.78 is 0. The first kappa shape index (κ1) is 14.0. The summed E-state index contributed by atoms with van der Waals surface area (Å²) in [5, 5.41) is 6.45. The zero-order valence-corrected chi connectivity index (χ0v) is 11.3. The quantitative estimate of drug-likeness (QED) is 0.809. The van der Waals surface area contributed by atoms with Gasteiger partial charge in [0.2, 0.25) is 5.91 Å². The van der Waals surface area contributed by atoms with Crippen LogP contribution in [0.1, 0.15) is 23.7 Å². The van der Waals surface area contributed by atoms with Gasteiger partial charge >= 0.3 is 0 Å². The lowest BCUT2D eigenvalue weighted by Crippen LogP contribution is -2.28. The average molecular weight is 271 g/mol. The van der Waals surface area contributed by atoms with Gasteiger partial charge in [0, 0.05) is 37.2 Å². The van der Waals surface area contributed by atoms with Gasteiger partial charge in [-0.05, 0) is 30.7 Å². The van der Waals surface area contributed by atoms with E-state index in [-0.39, 0.29) is 11.8 Å². The Morgan fingerprint density at radius 1 is 1.15 bits per heavy atom. The number of amides is 2. The predicted octanol–water partition coefficient (Wildman–Crippen LogP) is 1.49. The van der Waals surface area contributed by atoms with Crippen LogP contribution in [-0.4, -0.2) is 29.9 Å². The van der Waals surface area contributed by atoms with Gasteiger partial charge < -0.3 is 10.6 Å². The lowest BCUT2D eigenvalue weighted by molar-refractivity contribution is -0.118. The second-order valence-electron chi connectivity index (χ2n) is 4.50. The number of pyridine rings is 1. The number of fused-ring (bicyclic) bond motifs is 1. The number of benzene rings is 1. The van der Waals surface area contributed by atoms with Crippen LogP contribution >= 0.6 is 0 Å². The summed E-state index contributed by atoms with van der Waals surface area (Å²) in [6.07, 6.45) is 2.44. The van der Waals surface area contributed by atoms with Crippen LogP contribution in [0, 0.1) is 0 Å². The van der Waals surface area contributed by atoms with E-state index in [0.717, 1.165) is 10.9 Å². The fourth-order valence-corrected chi connectivity index (χ4v) is 1.87. The summed E-state index contributed by atoms with van der Waals surface area (Å²) in [6.45, 7) is 2.57. The number of carbonyl (C=O) groups excluding carboxylic acids is 2. The van der Waals surface area contributed by atoms with E-state index in [0.29, 0.717) is 25.1 Å². The van der Waals surface area contributed by atoms with Gasteiger partial charge in [0.25, 0.3) is 5.91 Å². The predicted molar refractivity (Wildman–Crippen MR) is 77.4 cm³/mol. The topological polar surface area (TPSA) is 71.1 Å². The van der Waals surface area contributed by atoms with E-state index in [1.807, 2.05) is 24.3 Å². The number of rotatable bonds is 5. The molecule has 2 N–H and O–H groups in total. The molecule has 104 valence electrons. The molecule has 0 spiro atoms. The summed E-state index contributed by atoms with van der Waals surface area (Å²) in [4.78, 5) is 26.9. The second kappa shape index (κ2) is 6.65. The molecule has 0 aliphatic carbocycles. The third-order valence-corrected chi connectivity index (χ3v) is 2.88. The fourth-order valence-electron chi connectivity index (χ4n) is 1.87. The van der Waals surface area contributed by atoms with Gasteiger partial charge in [-0.15, -0.1) is 0 Å². The van der Waals surface area contributed by atoms with Crippen LogP contribution in [0.3, 0.4) is 0 Å². The van der Waals surface area contributed by atoms with E-state index < -0.39 is 0 Å². The average Bonchev–Trinajstić information content (AvgIpc) is 2.46. The standard InChI is InChI=1S/C15H17N3O2/c1-11(19)16-8-3-9-18-15(20)13-5-6-14-12(10-13)4-2-7-17-14/h2,4-7,10H,3,8-9H2,1H3,(H,16,19)(H,18,20). The van der Waals surface area contributed by atoms with Gasteiger partial charge in [-0.3, -0.25) is 14.6 Å². The molecule has 0 fully saturated rings. The largest absolute Gasteiger partial charge is 0.356 e. The van der Waals surface area contributed by atoms with Crippen molar-refractivity contribution in [3.63, 3.8) is 0 Å². The Hall–Kier alpha value is -2.43. The number of aromatic nitrogens is 1. The van der Waals surface area contributed by atoms with E-state index in [1.165, 1.54) is 6.92 Å². The zero-order chi connectivity index (χ0) is 14.4. The minimum absolute atomic E-state index is 0.0571. The molecule has 0 aliphatic rings. The van der Waals surface area contributed by atoms with Crippen molar-refractivity contribution in [2.45, 2.75) is 13.3 Å². The normalized spacial score (nSPS) is 10.2. The van der Waals surface area contributed by atoms with E-state index in [2.05, 4.69) is 15.6 Å². The van der Waals surface area contributed by atoms with Crippen molar-refractivity contribution in [3.8, 4) is 0 Å². The number of hydrogen-bond acceptors (Lipinski definition) is 3. The van der Waals surface area contributed by atoms with Crippen molar-refractivity contribution in [2.24, 2.45) is 0 Å². The minimum atomic E-state index is -0.112. The highest BCUT2D eigenvalue weighted by Gasteiger charge is 2.05.